The molecule has 0 aliphatic rings. The third-order valence-electron chi connectivity index (χ3n) is 3.81. The fourth-order valence-electron chi connectivity index (χ4n) is 2.83. The van der Waals surface area contributed by atoms with E-state index < -0.39 is 5.97 Å². The van der Waals surface area contributed by atoms with E-state index in [4.69, 9.17) is 10.2 Å². The van der Waals surface area contributed by atoms with Crippen LogP contribution in [0, 0.1) is 0 Å². The summed E-state index contributed by atoms with van der Waals surface area (Å²) in [6, 6.07) is 9.99. The zero-order chi connectivity index (χ0) is 17.7. The highest BCUT2D eigenvalue weighted by molar-refractivity contribution is 5.69. The normalized spacial score (nSPS) is 11.9. The summed E-state index contributed by atoms with van der Waals surface area (Å²) in [4.78, 5) is 13.1. The summed E-state index contributed by atoms with van der Waals surface area (Å²) in [5.74, 6) is -0.795. The fourth-order valence-corrected chi connectivity index (χ4v) is 2.83. The Morgan fingerprint density at radius 1 is 1.25 bits per heavy atom. The van der Waals surface area contributed by atoms with Crippen LogP contribution >= 0.6 is 0 Å². The van der Waals surface area contributed by atoms with Crippen LogP contribution in [0.1, 0.15) is 45.4 Å². The molecule has 1 heterocycles. The molecule has 1 N–H and O–H groups in total. The van der Waals surface area contributed by atoms with Crippen molar-refractivity contribution in [3.8, 4) is 5.69 Å². The lowest BCUT2D eigenvalue weighted by Gasteiger charge is -2.22. The Kier molecular flexibility index (Phi) is 5.78. The van der Waals surface area contributed by atoms with Crippen molar-refractivity contribution < 1.29 is 9.90 Å². The molecule has 2 aromatic rings. The molecule has 0 saturated heterocycles. The average molecular weight is 329 g/mol. The Bertz CT molecular complexity index is 672. The van der Waals surface area contributed by atoms with Crippen LogP contribution < -0.4 is 0 Å². The van der Waals surface area contributed by atoms with E-state index in [1.165, 1.54) is 0 Å². The molecule has 0 radical (unpaired) electrons. The van der Waals surface area contributed by atoms with Crippen molar-refractivity contribution in [2.45, 2.75) is 46.1 Å². The van der Waals surface area contributed by atoms with Gasteiger partial charge in [-0.05, 0) is 25.1 Å². The number of nitrogens with zero attached hydrogens (tertiary/aromatic N) is 3. The van der Waals surface area contributed by atoms with Crippen LogP contribution in [0.5, 0.6) is 0 Å². The molecule has 2 rings (SSSR count). The number of benzene rings is 1. The van der Waals surface area contributed by atoms with E-state index in [1.54, 1.807) is 0 Å². The van der Waals surface area contributed by atoms with Crippen LogP contribution in [0.4, 0.5) is 0 Å². The average Bonchev–Trinajstić information content (AvgIpc) is 2.92. The highest BCUT2D eigenvalue weighted by atomic mass is 16.4. The molecular weight excluding hydrogens is 302 g/mol. The van der Waals surface area contributed by atoms with E-state index in [9.17, 15) is 4.79 Å². The van der Waals surface area contributed by atoms with E-state index in [1.807, 2.05) is 46.1 Å². The number of rotatable bonds is 7. The summed E-state index contributed by atoms with van der Waals surface area (Å²) in [7, 11) is 0. The quantitative estimate of drug-likeness (QED) is 0.845. The third-order valence-corrected chi connectivity index (χ3v) is 3.81. The Labute approximate surface area is 143 Å². The van der Waals surface area contributed by atoms with Crippen LogP contribution in [0.25, 0.3) is 5.69 Å². The van der Waals surface area contributed by atoms with Crippen molar-refractivity contribution in [3.05, 3.63) is 47.8 Å². The molecule has 0 bridgehead atoms. The number of carboxylic acids is 1. The van der Waals surface area contributed by atoms with Gasteiger partial charge in [-0.25, -0.2) is 4.68 Å². The minimum absolute atomic E-state index is 0.0495. The summed E-state index contributed by atoms with van der Waals surface area (Å²) < 4.78 is 1.89. The van der Waals surface area contributed by atoms with Gasteiger partial charge in [0, 0.05) is 23.7 Å². The van der Waals surface area contributed by atoms with Crippen LogP contribution in [-0.2, 0) is 16.8 Å². The summed E-state index contributed by atoms with van der Waals surface area (Å²) in [6.07, 6.45) is 2.95. The van der Waals surface area contributed by atoms with E-state index in [-0.39, 0.29) is 12.0 Å². The van der Waals surface area contributed by atoms with Gasteiger partial charge < -0.3 is 5.11 Å². The first-order chi connectivity index (χ1) is 11.3. The number of carboxylic acid groups (broad SMARTS) is 1. The molecule has 0 saturated carbocycles. The molecule has 0 unspecified atom stereocenters. The van der Waals surface area contributed by atoms with Gasteiger partial charge in [-0.15, -0.1) is 0 Å². The Balaban J connectivity index is 2.36. The second-order valence-electron chi connectivity index (χ2n) is 7.14. The van der Waals surface area contributed by atoms with Crippen molar-refractivity contribution >= 4 is 5.97 Å². The molecule has 5 heteroatoms. The van der Waals surface area contributed by atoms with E-state index in [2.05, 4.69) is 27.7 Å². The van der Waals surface area contributed by atoms with Gasteiger partial charge >= 0.3 is 5.97 Å². The first-order valence-electron chi connectivity index (χ1n) is 8.40. The first-order valence-corrected chi connectivity index (χ1v) is 8.40. The molecule has 0 fully saturated rings. The van der Waals surface area contributed by atoms with Gasteiger partial charge in [0.2, 0.25) is 0 Å². The summed E-state index contributed by atoms with van der Waals surface area (Å²) in [6.45, 7) is 9.87. The predicted octanol–water partition coefficient (Wildman–Crippen LogP) is 3.47. The van der Waals surface area contributed by atoms with Gasteiger partial charge in [0.25, 0.3) is 0 Å². The minimum Gasteiger partial charge on any atom is -0.480 e. The van der Waals surface area contributed by atoms with Crippen molar-refractivity contribution in [1.29, 1.82) is 0 Å². The lowest BCUT2D eigenvalue weighted by Crippen LogP contribution is -2.31. The SMILES string of the molecule is CCCN(CC(=O)O)Cc1cn(-c2ccccc2)nc1C(C)(C)C. The second-order valence-corrected chi connectivity index (χ2v) is 7.14. The molecule has 130 valence electrons. The number of aromatic nitrogens is 2. The van der Waals surface area contributed by atoms with Crippen molar-refractivity contribution in [2.24, 2.45) is 0 Å². The lowest BCUT2D eigenvalue weighted by molar-refractivity contribution is -0.138. The molecule has 1 aromatic heterocycles. The first kappa shape index (κ1) is 18.2. The van der Waals surface area contributed by atoms with Gasteiger partial charge in [-0.2, -0.15) is 5.10 Å². The molecule has 0 aliphatic carbocycles. The maximum atomic E-state index is 11.1. The van der Waals surface area contributed by atoms with E-state index in [0.29, 0.717) is 6.54 Å². The zero-order valence-corrected chi connectivity index (χ0v) is 15.0. The number of hydrogen-bond acceptors (Lipinski definition) is 3. The minimum atomic E-state index is -0.795. The Morgan fingerprint density at radius 3 is 2.46 bits per heavy atom. The van der Waals surface area contributed by atoms with Crippen LogP contribution in [0.3, 0.4) is 0 Å². The molecule has 0 spiro atoms. The highest BCUT2D eigenvalue weighted by Gasteiger charge is 2.24. The smallest absolute Gasteiger partial charge is 0.317 e. The van der Waals surface area contributed by atoms with Gasteiger partial charge in [0.1, 0.15) is 0 Å². The Morgan fingerprint density at radius 2 is 1.92 bits per heavy atom. The number of aliphatic carboxylic acids is 1. The number of para-hydroxylation sites is 1. The molecular formula is C19H27N3O2. The monoisotopic (exact) mass is 329 g/mol. The van der Waals surface area contributed by atoms with Crippen molar-refractivity contribution in [1.82, 2.24) is 14.7 Å². The Hall–Kier alpha value is -2.14. The molecule has 24 heavy (non-hydrogen) atoms. The molecule has 0 aliphatic heterocycles. The third kappa shape index (κ3) is 4.68. The van der Waals surface area contributed by atoms with Gasteiger partial charge in [-0.3, -0.25) is 9.69 Å². The van der Waals surface area contributed by atoms with Crippen molar-refractivity contribution in [3.63, 3.8) is 0 Å². The van der Waals surface area contributed by atoms with Crippen LogP contribution in [-0.4, -0.2) is 38.8 Å². The van der Waals surface area contributed by atoms with Crippen molar-refractivity contribution in [2.75, 3.05) is 13.1 Å². The molecule has 0 atom stereocenters. The summed E-state index contributed by atoms with van der Waals surface area (Å²) >= 11 is 0. The maximum absolute atomic E-state index is 11.1. The van der Waals surface area contributed by atoms with Gasteiger partial charge in [0.15, 0.2) is 0 Å². The number of carbonyl (C=O) groups is 1. The molecule has 1 aromatic carbocycles. The lowest BCUT2D eigenvalue weighted by atomic mass is 9.89. The van der Waals surface area contributed by atoms with E-state index in [0.717, 1.165) is 29.9 Å². The topological polar surface area (TPSA) is 58.4 Å². The largest absolute Gasteiger partial charge is 0.480 e. The highest BCUT2D eigenvalue weighted by Crippen LogP contribution is 2.26. The predicted molar refractivity (Wildman–Crippen MR) is 95.5 cm³/mol. The fraction of sp³-hybridized carbons (Fsp3) is 0.474. The van der Waals surface area contributed by atoms with Crippen LogP contribution in [0.15, 0.2) is 36.5 Å². The summed E-state index contributed by atoms with van der Waals surface area (Å²) in [5, 5.41) is 13.9. The van der Waals surface area contributed by atoms with Gasteiger partial charge in [0.05, 0.1) is 17.9 Å². The number of hydrogen-bond donors (Lipinski definition) is 1. The molecule has 0 amide bonds. The molecule has 5 nitrogen and oxygen atoms in total. The maximum Gasteiger partial charge on any atom is 0.317 e. The van der Waals surface area contributed by atoms with Crippen LogP contribution in [0.2, 0.25) is 0 Å². The second kappa shape index (κ2) is 7.62. The zero-order valence-electron chi connectivity index (χ0n) is 15.0. The van der Waals surface area contributed by atoms with Gasteiger partial charge in [-0.1, -0.05) is 45.9 Å². The summed E-state index contributed by atoms with van der Waals surface area (Å²) in [5.41, 5.74) is 3.00. The van der Waals surface area contributed by atoms with E-state index >= 15 is 0 Å². The standard InChI is InChI=1S/C19H27N3O2/c1-5-11-21(14-17(23)24)12-15-13-22(16-9-7-6-8-10-16)20-18(15)19(2,3)4/h6-10,13H,5,11-12,14H2,1-4H3,(H,23,24).